The Balaban J connectivity index is 2.59. The van der Waals surface area contributed by atoms with Crippen molar-refractivity contribution in [3.8, 4) is 17.0 Å². The summed E-state index contributed by atoms with van der Waals surface area (Å²) in [5.74, 6) is 0.420. The van der Waals surface area contributed by atoms with E-state index in [-0.39, 0.29) is 0 Å². The number of pyridine rings is 1. The lowest BCUT2D eigenvalue weighted by Gasteiger charge is -2.08. The first-order valence-corrected chi connectivity index (χ1v) is 5.33. The van der Waals surface area contributed by atoms with Gasteiger partial charge in [-0.2, -0.15) is 0 Å². The Morgan fingerprint density at radius 3 is 2.56 bits per heavy atom. The number of benzene rings is 1. The highest BCUT2D eigenvalue weighted by atomic mass is 16.5. The normalized spacial score (nSPS) is 9.83. The Morgan fingerprint density at radius 2 is 1.89 bits per heavy atom. The second-order valence-corrected chi connectivity index (χ2v) is 3.69. The van der Waals surface area contributed by atoms with Crippen LogP contribution in [0, 0.1) is 0 Å². The highest BCUT2D eigenvalue weighted by Crippen LogP contribution is 2.28. The fourth-order valence-electron chi connectivity index (χ4n) is 1.68. The van der Waals surface area contributed by atoms with Crippen molar-refractivity contribution in [2.45, 2.75) is 0 Å². The molecule has 0 aliphatic carbocycles. The third-order valence-corrected chi connectivity index (χ3v) is 2.54. The van der Waals surface area contributed by atoms with Gasteiger partial charge in [0.05, 0.1) is 7.11 Å². The van der Waals surface area contributed by atoms with Gasteiger partial charge >= 0.3 is 0 Å². The van der Waals surface area contributed by atoms with Gasteiger partial charge in [0.25, 0.3) is 0 Å². The molecule has 2 rings (SSSR count). The maximum Gasteiger partial charge on any atom is 0.221 e. The molecule has 0 amide bonds. The third-order valence-electron chi connectivity index (χ3n) is 2.54. The Morgan fingerprint density at radius 1 is 1.11 bits per heavy atom. The van der Waals surface area contributed by atoms with Gasteiger partial charge in [0.2, 0.25) is 5.88 Å². The zero-order valence-electron chi connectivity index (χ0n) is 9.79. The van der Waals surface area contributed by atoms with E-state index in [4.69, 9.17) is 4.74 Å². The summed E-state index contributed by atoms with van der Waals surface area (Å²) in [5, 5.41) is 0. The lowest BCUT2D eigenvalue weighted by molar-refractivity contribution is 0.111. The van der Waals surface area contributed by atoms with Crippen LogP contribution in [0.5, 0.6) is 5.88 Å². The average molecular weight is 241 g/mol. The highest BCUT2D eigenvalue weighted by Gasteiger charge is 2.09. The van der Waals surface area contributed by atoms with E-state index < -0.39 is 0 Å². The van der Waals surface area contributed by atoms with Crippen molar-refractivity contribution in [1.82, 2.24) is 4.98 Å². The van der Waals surface area contributed by atoms with E-state index >= 15 is 0 Å². The SMILES string of the molecule is COc1ncc(C=O)cc1-c1cccc(C=O)c1. The number of carbonyl (C=O) groups is 2. The number of carbonyl (C=O) groups excluding carboxylic acids is 2. The quantitative estimate of drug-likeness (QED) is 0.771. The van der Waals surface area contributed by atoms with E-state index in [1.54, 1.807) is 24.3 Å². The number of rotatable bonds is 4. The van der Waals surface area contributed by atoms with Crippen LogP contribution in [0.3, 0.4) is 0 Å². The molecule has 1 heterocycles. The average Bonchev–Trinajstić information content (AvgIpc) is 2.46. The highest BCUT2D eigenvalue weighted by molar-refractivity contribution is 5.83. The summed E-state index contributed by atoms with van der Waals surface area (Å²) in [6.07, 6.45) is 2.94. The molecule has 0 spiro atoms. The number of methoxy groups -OCH3 is 1. The molecular weight excluding hydrogens is 230 g/mol. The largest absolute Gasteiger partial charge is 0.481 e. The van der Waals surface area contributed by atoms with Gasteiger partial charge in [-0.25, -0.2) is 4.98 Å². The molecule has 1 aromatic heterocycles. The predicted octanol–water partition coefficient (Wildman–Crippen LogP) is 2.38. The number of hydrogen-bond acceptors (Lipinski definition) is 4. The van der Waals surface area contributed by atoms with Crippen molar-refractivity contribution in [1.29, 1.82) is 0 Å². The Labute approximate surface area is 104 Å². The topological polar surface area (TPSA) is 56.3 Å². The molecule has 0 unspecified atom stereocenters. The Bertz CT molecular complexity index is 593. The molecule has 0 saturated heterocycles. The number of aromatic nitrogens is 1. The molecule has 0 bridgehead atoms. The molecule has 0 fully saturated rings. The molecule has 0 radical (unpaired) electrons. The number of nitrogens with zero attached hydrogens (tertiary/aromatic N) is 1. The predicted molar refractivity (Wildman–Crippen MR) is 67.0 cm³/mol. The van der Waals surface area contributed by atoms with Gasteiger partial charge in [0.1, 0.15) is 6.29 Å². The first-order chi connectivity index (χ1) is 8.78. The van der Waals surface area contributed by atoms with Crippen LogP contribution in [0.15, 0.2) is 36.5 Å². The zero-order valence-corrected chi connectivity index (χ0v) is 9.79. The van der Waals surface area contributed by atoms with Crippen molar-refractivity contribution < 1.29 is 14.3 Å². The Kier molecular flexibility index (Phi) is 3.48. The van der Waals surface area contributed by atoms with Crippen molar-refractivity contribution in [2.75, 3.05) is 7.11 Å². The molecule has 0 N–H and O–H groups in total. The van der Waals surface area contributed by atoms with Crippen LogP contribution in [0.4, 0.5) is 0 Å². The van der Waals surface area contributed by atoms with E-state index in [1.165, 1.54) is 13.3 Å². The molecule has 0 aliphatic rings. The summed E-state index contributed by atoms with van der Waals surface area (Å²) in [4.78, 5) is 25.6. The molecule has 0 saturated carbocycles. The Hall–Kier alpha value is -2.49. The smallest absolute Gasteiger partial charge is 0.221 e. The van der Waals surface area contributed by atoms with Crippen molar-refractivity contribution in [2.24, 2.45) is 0 Å². The number of ether oxygens (including phenoxy) is 1. The standard InChI is InChI=1S/C14H11NO3/c1-18-14-13(6-11(9-17)7-15-14)12-4-2-3-10(5-12)8-16/h2-9H,1H3. The van der Waals surface area contributed by atoms with Crippen LogP contribution in [0.1, 0.15) is 20.7 Å². The molecule has 0 atom stereocenters. The minimum absolute atomic E-state index is 0.420. The van der Waals surface area contributed by atoms with Crippen LogP contribution < -0.4 is 4.74 Å². The molecule has 18 heavy (non-hydrogen) atoms. The number of hydrogen-bond donors (Lipinski definition) is 0. The first kappa shape index (κ1) is 12.0. The van der Waals surface area contributed by atoms with Crippen LogP contribution in [-0.2, 0) is 0 Å². The van der Waals surface area contributed by atoms with Crippen LogP contribution in [0.2, 0.25) is 0 Å². The molecule has 2 aromatic rings. The van der Waals surface area contributed by atoms with Gasteiger partial charge < -0.3 is 4.74 Å². The van der Waals surface area contributed by atoms with Gasteiger partial charge in [-0.3, -0.25) is 9.59 Å². The van der Waals surface area contributed by atoms with Gasteiger partial charge in [-0.15, -0.1) is 0 Å². The van der Waals surface area contributed by atoms with Gasteiger partial charge in [-0.05, 0) is 17.7 Å². The van der Waals surface area contributed by atoms with Gasteiger partial charge in [0, 0.05) is 22.9 Å². The van der Waals surface area contributed by atoms with Crippen LogP contribution in [0.25, 0.3) is 11.1 Å². The second-order valence-electron chi connectivity index (χ2n) is 3.69. The summed E-state index contributed by atoms with van der Waals surface area (Å²) < 4.78 is 5.16. The second kappa shape index (κ2) is 5.23. The van der Waals surface area contributed by atoms with E-state index in [0.717, 1.165) is 18.1 Å². The van der Waals surface area contributed by atoms with Crippen molar-refractivity contribution >= 4 is 12.6 Å². The van der Waals surface area contributed by atoms with E-state index in [9.17, 15) is 9.59 Å². The minimum Gasteiger partial charge on any atom is -0.481 e. The fraction of sp³-hybridized carbons (Fsp3) is 0.0714. The third kappa shape index (κ3) is 2.27. The molecular formula is C14H11NO3. The molecule has 1 aromatic carbocycles. The first-order valence-electron chi connectivity index (χ1n) is 5.33. The van der Waals surface area contributed by atoms with Crippen molar-refractivity contribution in [3.63, 3.8) is 0 Å². The fourth-order valence-corrected chi connectivity index (χ4v) is 1.68. The lowest BCUT2D eigenvalue weighted by Crippen LogP contribution is -1.94. The number of aldehydes is 2. The van der Waals surface area contributed by atoms with Crippen molar-refractivity contribution in [3.05, 3.63) is 47.7 Å². The zero-order chi connectivity index (χ0) is 13.0. The lowest BCUT2D eigenvalue weighted by atomic mass is 10.0. The van der Waals surface area contributed by atoms with E-state index in [2.05, 4.69) is 4.98 Å². The van der Waals surface area contributed by atoms with Gasteiger partial charge in [-0.1, -0.05) is 18.2 Å². The molecule has 4 nitrogen and oxygen atoms in total. The van der Waals surface area contributed by atoms with Gasteiger partial charge in [0.15, 0.2) is 6.29 Å². The van der Waals surface area contributed by atoms with E-state index in [0.29, 0.717) is 22.6 Å². The maximum absolute atomic E-state index is 10.8. The summed E-state index contributed by atoms with van der Waals surface area (Å²) in [7, 11) is 1.51. The van der Waals surface area contributed by atoms with Crippen LogP contribution >= 0.6 is 0 Å². The minimum atomic E-state index is 0.420. The van der Waals surface area contributed by atoms with Crippen LogP contribution in [-0.4, -0.2) is 24.7 Å². The summed E-state index contributed by atoms with van der Waals surface area (Å²) in [6, 6.07) is 8.72. The molecule has 0 aliphatic heterocycles. The van der Waals surface area contributed by atoms with E-state index in [1.807, 2.05) is 6.07 Å². The molecule has 4 heteroatoms. The summed E-state index contributed by atoms with van der Waals surface area (Å²) in [6.45, 7) is 0. The summed E-state index contributed by atoms with van der Waals surface area (Å²) in [5.41, 5.74) is 2.49. The maximum atomic E-state index is 10.8. The molecule has 90 valence electrons. The summed E-state index contributed by atoms with van der Waals surface area (Å²) >= 11 is 0. The monoisotopic (exact) mass is 241 g/mol.